The van der Waals surface area contributed by atoms with Crippen LogP contribution in [0.1, 0.15) is 49.2 Å². The van der Waals surface area contributed by atoms with Gasteiger partial charge in [-0.3, -0.25) is 9.78 Å². The minimum atomic E-state index is -0.328. The molecule has 0 unspecified atom stereocenters. The summed E-state index contributed by atoms with van der Waals surface area (Å²) in [6.45, 7) is 7.36. The van der Waals surface area contributed by atoms with E-state index in [1.54, 1.807) is 12.3 Å². The van der Waals surface area contributed by atoms with Crippen molar-refractivity contribution in [3.8, 4) is 11.1 Å². The Labute approximate surface area is 171 Å². The van der Waals surface area contributed by atoms with E-state index in [9.17, 15) is 9.18 Å². The average molecular weight is 397 g/mol. The first-order valence-electron chi connectivity index (χ1n) is 10.4. The number of amides is 1. The number of hydrogen-bond acceptors (Lipinski definition) is 4. The molecular weight excluding hydrogens is 367 g/mol. The van der Waals surface area contributed by atoms with Gasteiger partial charge < -0.3 is 16.0 Å². The van der Waals surface area contributed by atoms with Gasteiger partial charge in [-0.25, -0.2) is 4.39 Å². The molecule has 1 saturated carbocycles. The first-order chi connectivity index (χ1) is 13.7. The van der Waals surface area contributed by atoms with Gasteiger partial charge in [0.2, 0.25) is 0 Å². The van der Waals surface area contributed by atoms with Crippen LogP contribution in [0.4, 0.5) is 10.1 Å². The first-order valence-corrected chi connectivity index (χ1v) is 10.4. The molecule has 2 heterocycles. The predicted octanol–water partition coefficient (Wildman–Crippen LogP) is 3.65. The van der Waals surface area contributed by atoms with E-state index in [1.807, 2.05) is 19.9 Å². The largest absolute Gasteiger partial charge is 0.368 e. The number of halogens is 1. The Morgan fingerprint density at radius 2 is 2.17 bits per heavy atom. The van der Waals surface area contributed by atoms with Crippen LogP contribution in [0.25, 0.3) is 11.1 Å². The lowest BCUT2D eigenvalue weighted by molar-refractivity contribution is 0.0936. The van der Waals surface area contributed by atoms with Gasteiger partial charge in [0.25, 0.3) is 5.91 Å². The van der Waals surface area contributed by atoms with Crippen LogP contribution < -0.4 is 16.0 Å². The molecule has 1 aliphatic heterocycles. The molecule has 5 nitrogen and oxygen atoms in total. The number of hydrogen-bond donors (Lipinski definition) is 2. The summed E-state index contributed by atoms with van der Waals surface area (Å²) in [7, 11) is 0. The molecule has 0 radical (unpaired) electrons. The maximum absolute atomic E-state index is 14.0. The number of carbonyl (C=O) groups is 1. The second-order valence-electron chi connectivity index (χ2n) is 8.92. The highest BCUT2D eigenvalue weighted by molar-refractivity contribution is 6.03. The lowest BCUT2D eigenvalue weighted by atomic mass is 9.97. The minimum Gasteiger partial charge on any atom is -0.368 e. The van der Waals surface area contributed by atoms with Crippen molar-refractivity contribution in [2.75, 3.05) is 18.0 Å². The Hall–Kier alpha value is -2.47. The number of benzene rings is 1. The molecule has 3 N–H and O–H groups in total. The molecule has 154 valence electrons. The van der Waals surface area contributed by atoms with Crippen molar-refractivity contribution in [1.29, 1.82) is 0 Å². The Kier molecular flexibility index (Phi) is 5.07. The molecular formula is C23H29FN4O. The molecule has 2 aromatic rings. The van der Waals surface area contributed by atoms with E-state index in [0.29, 0.717) is 18.0 Å². The summed E-state index contributed by atoms with van der Waals surface area (Å²) in [5.41, 5.74) is 9.69. The van der Waals surface area contributed by atoms with Gasteiger partial charge in [-0.1, -0.05) is 12.1 Å². The van der Waals surface area contributed by atoms with Crippen molar-refractivity contribution in [1.82, 2.24) is 10.3 Å². The van der Waals surface area contributed by atoms with Crippen molar-refractivity contribution < 1.29 is 9.18 Å². The molecule has 1 aromatic heterocycles. The predicted molar refractivity (Wildman–Crippen MR) is 113 cm³/mol. The van der Waals surface area contributed by atoms with E-state index in [0.717, 1.165) is 48.3 Å². The number of nitrogens with two attached hydrogens (primary N) is 1. The molecule has 29 heavy (non-hydrogen) atoms. The number of nitrogens with one attached hydrogen (secondary N) is 1. The Bertz CT molecular complexity index is 938. The molecule has 2 atom stereocenters. The zero-order chi connectivity index (χ0) is 20.8. The van der Waals surface area contributed by atoms with E-state index in [4.69, 9.17) is 5.73 Å². The summed E-state index contributed by atoms with van der Waals surface area (Å²) in [6, 6.07) is 6.61. The molecule has 0 spiro atoms. The fourth-order valence-corrected chi connectivity index (χ4v) is 4.25. The zero-order valence-corrected chi connectivity index (χ0v) is 17.3. The number of nitrogens with zero attached hydrogens (tertiary/aromatic N) is 2. The van der Waals surface area contributed by atoms with Gasteiger partial charge in [-0.2, -0.15) is 0 Å². The summed E-state index contributed by atoms with van der Waals surface area (Å²) < 4.78 is 14.0. The summed E-state index contributed by atoms with van der Waals surface area (Å²) in [4.78, 5) is 19.9. The van der Waals surface area contributed by atoms with Crippen LogP contribution >= 0.6 is 0 Å². The van der Waals surface area contributed by atoms with Crippen molar-refractivity contribution >= 4 is 11.6 Å². The number of pyridine rings is 1. The van der Waals surface area contributed by atoms with E-state index < -0.39 is 0 Å². The standard InChI is InChI=1S/C23H29FN4O/c1-14(16-7-8-16)27-22(29)19-12-26-15(2)20(17-5-4-6-18(24)11-17)21(19)28-10-9-23(3,25)13-28/h4-6,11-12,14,16H,7-10,13,25H2,1-3H3,(H,27,29)/t14-,23-/m0/s1. The number of carbonyl (C=O) groups excluding carboxylic acids is 1. The maximum Gasteiger partial charge on any atom is 0.255 e. The third kappa shape index (κ3) is 4.13. The van der Waals surface area contributed by atoms with Crippen molar-refractivity contribution in [2.45, 2.75) is 51.6 Å². The number of rotatable bonds is 5. The van der Waals surface area contributed by atoms with Crippen LogP contribution in [0.5, 0.6) is 0 Å². The van der Waals surface area contributed by atoms with Gasteiger partial charge in [0, 0.05) is 42.1 Å². The Morgan fingerprint density at radius 1 is 1.41 bits per heavy atom. The lowest BCUT2D eigenvalue weighted by Crippen LogP contribution is -2.40. The second kappa shape index (κ2) is 7.41. The number of anilines is 1. The SMILES string of the molecule is Cc1ncc(C(=O)N[C@@H](C)C2CC2)c(N2CC[C@](C)(N)C2)c1-c1cccc(F)c1. The first kappa shape index (κ1) is 19.8. The van der Waals surface area contributed by atoms with Gasteiger partial charge in [-0.15, -0.1) is 0 Å². The topological polar surface area (TPSA) is 71.2 Å². The third-order valence-electron chi connectivity index (χ3n) is 6.11. The summed E-state index contributed by atoms with van der Waals surface area (Å²) in [6.07, 6.45) is 4.80. The van der Waals surface area contributed by atoms with Crippen LogP contribution in [0.2, 0.25) is 0 Å². The van der Waals surface area contributed by atoms with Crippen LogP contribution in [-0.4, -0.2) is 35.6 Å². The second-order valence-corrected chi connectivity index (χ2v) is 8.92. The van der Waals surface area contributed by atoms with Crippen LogP contribution in [0, 0.1) is 18.7 Å². The fraction of sp³-hybridized carbons (Fsp3) is 0.478. The molecule has 2 aliphatic rings. The summed E-state index contributed by atoms with van der Waals surface area (Å²) in [5, 5.41) is 3.14. The van der Waals surface area contributed by atoms with Gasteiger partial charge in [0.1, 0.15) is 5.82 Å². The molecule has 1 saturated heterocycles. The van der Waals surface area contributed by atoms with Crippen LogP contribution in [0.3, 0.4) is 0 Å². The summed E-state index contributed by atoms with van der Waals surface area (Å²) >= 11 is 0. The highest BCUT2D eigenvalue weighted by Gasteiger charge is 2.35. The van der Waals surface area contributed by atoms with Gasteiger partial charge in [-0.05, 0) is 63.6 Å². The highest BCUT2D eigenvalue weighted by Crippen LogP contribution is 2.39. The van der Waals surface area contributed by atoms with E-state index in [2.05, 4.69) is 22.1 Å². The molecule has 1 amide bonds. The molecule has 2 fully saturated rings. The number of aryl methyl sites for hydroxylation is 1. The highest BCUT2D eigenvalue weighted by atomic mass is 19.1. The Balaban J connectivity index is 1.82. The minimum absolute atomic E-state index is 0.129. The monoisotopic (exact) mass is 396 g/mol. The maximum atomic E-state index is 14.0. The molecule has 6 heteroatoms. The van der Waals surface area contributed by atoms with Gasteiger partial charge in [0.05, 0.1) is 11.3 Å². The quantitative estimate of drug-likeness (QED) is 0.809. The van der Waals surface area contributed by atoms with E-state index >= 15 is 0 Å². The van der Waals surface area contributed by atoms with Crippen molar-refractivity contribution in [2.24, 2.45) is 11.7 Å². The normalized spacial score (nSPS) is 22.6. The smallest absolute Gasteiger partial charge is 0.255 e. The van der Waals surface area contributed by atoms with Crippen molar-refractivity contribution in [3.05, 3.63) is 47.5 Å². The molecule has 0 bridgehead atoms. The van der Waals surface area contributed by atoms with E-state index in [1.165, 1.54) is 12.1 Å². The van der Waals surface area contributed by atoms with Crippen LogP contribution in [0.15, 0.2) is 30.5 Å². The molecule has 4 rings (SSSR count). The molecule has 1 aromatic carbocycles. The third-order valence-corrected chi connectivity index (χ3v) is 6.11. The Morgan fingerprint density at radius 3 is 2.79 bits per heavy atom. The lowest BCUT2D eigenvalue weighted by Gasteiger charge is -2.28. The van der Waals surface area contributed by atoms with Gasteiger partial charge in [0.15, 0.2) is 0 Å². The fourth-order valence-electron chi connectivity index (χ4n) is 4.25. The average Bonchev–Trinajstić information content (AvgIpc) is 3.44. The van der Waals surface area contributed by atoms with Crippen molar-refractivity contribution in [3.63, 3.8) is 0 Å². The molecule has 1 aliphatic carbocycles. The van der Waals surface area contributed by atoms with Gasteiger partial charge >= 0.3 is 0 Å². The number of aromatic nitrogens is 1. The zero-order valence-electron chi connectivity index (χ0n) is 17.3. The van der Waals surface area contributed by atoms with E-state index in [-0.39, 0.29) is 23.3 Å². The van der Waals surface area contributed by atoms with Crippen LogP contribution in [-0.2, 0) is 0 Å². The summed E-state index contributed by atoms with van der Waals surface area (Å²) in [5.74, 6) is 0.118.